The summed E-state index contributed by atoms with van der Waals surface area (Å²) in [5.41, 5.74) is 0.885. The second-order valence-electron chi connectivity index (χ2n) is 4.07. The van der Waals surface area contributed by atoms with Gasteiger partial charge in [-0.15, -0.1) is 0 Å². The fourth-order valence-corrected chi connectivity index (χ4v) is 2.02. The molecule has 1 fully saturated rings. The molecule has 2 rings (SSSR count). The molecule has 1 aliphatic rings. The van der Waals surface area contributed by atoms with Crippen molar-refractivity contribution in [3.05, 3.63) is 35.9 Å². The Kier molecular flexibility index (Phi) is 3.94. The molecule has 0 aromatic heterocycles. The quantitative estimate of drug-likeness (QED) is 0.759. The number of carbonyl (C=O) groups is 2. The third-order valence-electron chi connectivity index (χ3n) is 2.83. The summed E-state index contributed by atoms with van der Waals surface area (Å²) in [6.07, 6.45) is 0. The molecule has 1 saturated heterocycles. The lowest BCUT2D eigenvalue weighted by atomic mass is 9.97. The predicted octanol–water partition coefficient (Wildman–Crippen LogP) is 0.379. The van der Waals surface area contributed by atoms with Gasteiger partial charge in [0.1, 0.15) is 6.04 Å². The molecule has 1 aromatic rings. The molecular formula is C13H16N2O3. The van der Waals surface area contributed by atoms with Crippen molar-refractivity contribution >= 4 is 11.9 Å². The van der Waals surface area contributed by atoms with Crippen molar-refractivity contribution in [2.45, 2.75) is 19.0 Å². The second-order valence-corrected chi connectivity index (χ2v) is 4.07. The molecule has 18 heavy (non-hydrogen) atoms. The number of hydrogen-bond acceptors (Lipinski definition) is 4. The standard InChI is InChI=1S/C13H16N2O3/c1-2-18-13(17)12-11(15-10(16)8-14-12)9-6-4-3-5-7-9/h3-7,11-12,14H,2,8H2,1H3,(H,15,16)/t11-,12+/m0/s1. The minimum absolute atomic E-state index is 0.121. The van der Waals surface area contributed by atoms with Gasteiger partial charge in [0.15, 0.2) is 0 Å². The molecule has 1 aliphatic heterocycles. The Balaban J connectivity index is 2.21. The maximum atomic E-state index is 11.9. The smallest absolute Gasteiger partial charge is 0.325 e. The molecule has 0 saturated carbocycles. The molecule has 96 valence electrons. The first-order valence-electron chi connectivity index (χ1n) is 5.96. The number of amides is 1. The highest BCUT2D eigenvalue weighted by atomic mass is 16.5. The van der Waals surface area contributed by atoms with Gasteiger partial charge >= 0.3 is 5.97 Å². The van der Waals surface area contributed by atoms with E-state index in [1.807, 2.05) is 30.3 Å². The zero-order valence-electron chi connectivity index (χ0n) is 10.2. The summed E-state index contributed by atoms with van der Waals surface area (Å²) in [6.45, 7) is 2.22. The highest BCUT2D eigenvalue weighted by Crippen LogP contribution is 2.19. The van der Waals surface area contributed by atoms with Crippen LogP contribution in [0.25, 0.3) is 0 Å². The highest BCUT2D eigenvalue weighted by Gasteiger charge is 2.35. The van der Waals surface area contributed by atoms with Crippen LogP contribution >= 0.6 is 0 Å². The average molecular weight is 248 g/mol. The number of nitrogens with one attached hydrogen (secondary N) is 2. The molecule has 1 amide bonds. The van der Waals surface area contributed by atoms with Gasteiger partial charge in [0.2, 0.25) is 5.91 Å². The maximum Gasteiger partial charge on any atom is 0.325 e. The zero-order chi connectivity index (χ0) is 13.0. The van der Waals surface area contributed by atoms with E-state index in [4.69, 9.17) is 4.74 Å². The zero-order valence-corrected chi connectivity index (χ0v) is 10.2. The van der Waals surface area contributed by atoms with Crippen molar-refractivity contribution in [2.75, 3.05) is 13.2 Å². The first-order chi connectivity index (χ1) is 8.72. The normalized spacial score (nSPS) is 23.3. The lowest BCUT2D eigenvalue weighted by molar-refractivity contribution is -0.147. The maximum absolute atomic E-state index is 11.9. The monoisotopic (exact) mass is 248 g/mol. The Morgan fingerprint density at radius 1 is 1.39 bits per heavy atom. The minimum atomic E-state index is -0.537. The molecule has 1 aromatic carbocycles. The van der Waals surface area contributed by atoms with Crippen LogP contribution in [0.5, 0.6) is 0 Å². The van der Waals surface area contributed by atoms with E-state index in [1.165, 1.54) is 0 Å². The lowest BCUT2D eigenvalue weighted by Gasteiger charge is -2.31. The molecule has 0 spiro atoms. The predicted molar refractivity (Wildman–Crippen MR) is 65.7 cm³/mol. The summed E-state index contributed by atoms with van der Waals surface area (Å²) < 4.78 is 5.02. The van der Waals surface area contributed by atoms with Crippen LogP contribution in [0, 0.1) is 0 Å². The van der Waals surface area contributed by atoms with Crippen molar-refractivity contribution in [1.29, 1.82) is 0 Å². The van der Waals surface area contributed by atoms with Crippen molar-refractivity contribution in [3.8, 4) is 0 Å². The van der Waals surface area contributed by atoms with Gasteiger partial charge in [0.05, 0.1) is 19.2 Å². The molecule has 0 aliphatic carbocycles. The SMILES string of the molecule is CCOC(=O)[C@@H]1NCC(=O)N[C@H]1c1ccccc1. The Bertz CT molecular complexity index is 433. The Hall–Kier alpha value is -1.88. The summed E-state index contributed by atoms with van der Waals surface area (Å²) >= 11 is 0. The lowest BCUT2D eigenvalue weighted by Crippen LogP contribution is -2.57. The van der Waals surface area contributed by atoms with Crippen LogP contribution in [-0.4, -0.2) is 31.1 Å². The average Bonchev–Trinajstić information content (AvgIpc) is 2.40. The van der Waals surface area contributed by atoms with Gasteiger partial charge in [-0.1, -0.05) is 30.3 Å². The van der Waals surface area contributed by atoms with Crippen molar-refractivity contribution in [1.82, 2.24) is 10.6 Å². The van der Waals surface area contributed by atoms with Gasteiger partial charge < -0.3 is 10.1 Å². The molecule has 1 heterocycles. The molecular weight excluding hydrogens is 232 g/mol. The van der Waals surface area contributed by atoms with Gasteiger partial charge in [0.25, 0.3) is 0 Å². The van der Waals surface area contributed by atoms with Crippen LogP contribution in [0.1, 0.15) is 18.5 Å². The van der Waals surface area contributed by atoms with E-state index < -0.39 is 6.04 Å². The van der Waals surface area contributed by atoms with Crippen LogP contribution in [0.2, 0.25) is 0 Å². The fraction of sp³-hybridized carbons (Fsp3) is 0.385. The number of ether oxygens (including phenoxy) is 1. The van der Waals surface area contributed by atoms with Crippen LogP contribution in [0.4, 0.5) is 0 Å². The summed E-state index contributed by atoms with van der Waals surface area (Å²) in [6, 6.07) is 8.47. The Morgan fingerprint density at radius 3 is 2.78 bits per heavy atom. The summed E-state index contributed by atoms with van der Waals surface area (Å²) in [7, 11) is 0. The third-order valence-corrected chi connectivity index (χ3v) is 2.83. The molecule has 5 heteroatoms. The number of piperazine rings is 1. The van der Waals surface area contributed by atoms with Crippen LogP contribution < -0.4 is 10.6 Å². The number of esters is 1. The third kappa shape index (κ3) is 2.68. The Labute approximate surface area is 106 Å². The van der Waals surface area contributed by atoms with Crippen molar-refractivity contribution < 1.29 is 14.3 Å². The van der Waals surface area contributed by atoms with Gasteiger partial charge in [-0.05, 0) is 12.5 Å². The van der Waals surface area contributed by atoms with Gasteiger partial charge in [-0.2, -0.15) is 0 Å². The van der Waals surface area contributed by atoms with Crippen LogP contribution in [-0.2, 0) is 14.3 Å². The molecule has 5 nitrogen and oxygen atoms in total. The van der Waals surface area contributed by atoms with E-state index in [0.29, 0.717) is 6.61 Å². The summed E-state index contributed by atoms with van der Waals surface area (Å²) in [5, 5.41) is 5.74. The molecule has 0 unspecified atom stereocenters. The first-order valence-corrected chi connectivity index (χ1v) is 5.96. The van der Waals surface area contributed by atoms with E-state index >= 15 is 0 Å². The van der Waals surface area contributed by atoms with E-state index in [-0.39, 0.29) is 24.5 Å². The highest BCUT2D eigenvalue weighted by molar-refractivity contribution is 5.85. The van der Waals surface area contributed by atoms with E-state index in [9.17, 15) is 9.59 Å². The minimum Gasteiger partial charge on any atom is -0.465 e. The fourth-order valence-electron chi connectivity index (χ4n) is 2.02. The largest absolute Gasteiger partial charge is 0.465 e. The van der Waals surface area contributed by atoms with Gasteiger partial charge in [-0.25, -0.2) is 0 Å². The molecule has 0 radical (unpaired) electrons. The second kappa shape index (κ2) is 5.64. The van der Waals surface area contributed by atoms with Crippen molar-refractivity contribution in [3.63, 3.8) is 0 Å². The topological polar surface area (TPSA) is 67.4 Å². The van der Waals surface area contributed by atoms with Crippen LogP contribution in [0.3, 0.4) is 0 Å². The number of rotatable bonds is 3. The van der Waals surface area contributed by atoms with E-state index in [1.54, 1.807) is 6.92 Å². The molecule has 2 atom stereocenters. The molecule has 2 N–H and O–H groups in total. The summed E-state index contributed by atoms with van der Waals surface area (Å²) in [5.74, 6) is -0.462. The number of carbonyl (C=O) groups excluding carboxylic acids is 2. The molecule has 0 bridgehead atoms. The number of benzene rings is 1. The van der Waals surface area contributed by atoms with E-state index in [0.717, 1.165) is 5.56 Å². The van der Waals surface area contributed by atoms with Crippen LogP contribution in [0.15, 0.2) is 30.3 Å². The van der Waals surface area contributed by atoms with Gasteiger partial charge in [-0.3, -0.25) is 14.9 Å². The summed E-state index contributed by atoms with van der Waals surface area (Å²) in [4.78, 5) is 23.3. The van der Waals surface area contributed by atoms with Crippen molar-refractivity contribution in [2.24, 2.45) is 0 Å². The van der Waals surface area contributed by atoms with Gasteiger partial charge in [0, 0.05) is 0 Å². The number of hydrogen-bond donors (Lipinski definition) is 2. The Morgan fingerprint density at radius 2 is 2.11 bits per heavy atom. The van der Waals surface area contributed by atoms with E-state index in [2.05, 4.69) is 10.6 Å². The first kappa shape index (κ1) is 12.6.